The van der Waals surface area contributed by atoms with Gasteiger partial charge in [-0.15, -0.1) is 0 Å². The van der Waals surface area contributed by atoms with E-state index in [9.17, 15) is 0 Å². The van der Waals surface area contributed by atoms with E-state index in [-0.39, 0.29) is 0 Å². The van der Waals surface area contributed by atoms with Crippen LogP contribution in [0.2, 0.25) is 0 Å². The Bertz CT molecular complexity index is 202. The van der Waals surface area contributed by atoms with Gasteiger partial charge in [0.05, 0.1) is 0 Å². The van der Waals surface area contributed by atoms with E-state index >= 15 is 0 Å². The van der Waals surface area contributed by atoms with E-state index in [4.69, 9.17) is 0 Å². The van der Waals surface area contributed by atoms with Crippen molar-refractivity contribution in [3.05, 3.63) is 0 Å². The molecule has 0 bridgehead atoms. The molecule has 0 nitrogen and oxygen atoms in total. The molecule has 0 atom stereocenters. The molecule has 0 unspecified atom stereocenters. The van der Waals surface area contributed by atoms with Crippen LogP contribution >= 0.6 is 0 Å². The fourth-order valence-electron chi connectivity index (χ4n) is 2.31. The lowest BCUT2D eigenvalue weighted by atomic mass is 10.1. The summed E-state index contributed by atoms with van der Waals surface area (Å²) in [5.41, 5.74) is 0. The van der Waals surface area contributed by atoms with Crippen LogP contribution < -0.4 is 0 Å². The SMILES string of the molecule is CC.CCC.CCC.CCC.CCC(C)C.CCCC(C)C.CCCC(C)C.CCCC(C)C.CCCC(C)C. The van der Waals surface area contributed by atoms with E-state index in [1.54, 1.807) is 0 Å². The molecule has 0 aliphatic rings. The Morgan fingerprint density at radius 1 is 0.275 bits per heavy atom. The summed E-state index contributed by atoms with van der Waals surface area (Å²) in [6, 6.07) is 0. The molecule has 258 valence electrons. The first-order chi connectivity index (χ1) is 18.6. The van der Waals surface area contributed by atoms with Crippen LogP contribution in [0.3, 0.4) is 0 Å². The predicted octanol–water partition coefficient (Wildman–Crippen LogP) is 17.1. The average molecular weight is 579 g/mol. The first kappa shape index (κ1) is 63.3. The molecule has 0 aromatic rings. The van der Waals surface area contributed by atoms with Crippen LogP contribution in [-0.4, -0.2) is 0 Å². The molecular formula is C40H98. The topological polar surface area (TPSA) is 0 Å². The van der Waals surface area contributed by atoms with Crippen molar-refractivity contribution in [2.75, 3.05) is 0 Å². The van der Waals surface area contributed by atoms with Gasteiger partial charge in [-0.2, -0.15) is 0 Å². The molecular weight excluding hydrogens is 480 g/mol. The summed E-state index contributed by atoms with van der Waals surface area (Å²) < 4.78 is 0. The van der Waals surface area contributed by atoms with Crippen molar-refractivity contribution in [2.45, 2.75) is 236 Å². The van der Waals surface area contributed by atoms with E-state index < -0.39 is 0 Å². The minimum Gasteiger partial charge on any atom is -0.0683 e. The fourth-order valence-corrected chi connectivity index (χ4v) is 2.31. The molecule has 0 heterocycles. The van der Waals surface area contributed by atoms with Gasteiger partial charge in [0.1, 0.15) is 0 Å². The van der Waals surface area contributed by atoms with Gasteiger partial charge in [0.25, 0.3) is 0 Å². The minimum atomic E-state index is 0.884. The normalized spacial score (nSPS) is 8.70. The summed E-state index contributed by atoms with van der Waals surface area (Å²) in [6.45, 7) is 50.3. The van der Waals surface area contributed by atoms with Gasteiger partial charge in [0.15, 0.2) is 0 Å². The molecule has 40 heavy (non-hydrogen) atoms. The van der Waals surface area contributed by atoms with Crippen LogP contribution in [0.15, 0.2) is 0 Å². The lowest BCUT2D eigenvalue weighted by molar-refractivity contribution is 0.576. The zero-order valence-corrected chi connectivity index (χ0v) is 34.4. The number of hydrogen-bond acceptors (Lipinski definition) is 0. The van der Waals surface area contributed by atoms with Gasteiger partial charge in [-0.25, -0.2) is 0 Å². The van der Waals surface area contributed by atoms with E-state index in [1.807, 2.05) is 13.8 Å². The zero-order chi connectivity index (χ0) is 34.4. The molecule has 0 heteroatoms. The summed E-state index contributed by atoms with van der Waals surface area (Å²) in [6.07, 6.45) is 15.9. The van der Waals surface area contributed by atoms with Gasteiger partial charge in [-0.3, -0.25) is 0 Å². The molecule has 0 saturated carbocycles. The quantitative estimate of drug-likeness (QED) is 0.255. The second-order valence-corrected chi connectivity index (χ2v) is 12.7. The Labute approximate surface area is 265 Å². The van der Waals surface area contributed by atoms with Gasteiger partial charge in [-0.1, -0.05) is 236 Å². The van der Waals surface area contributed by atoms with E-state index in [0.717, 1.165) is 29.6 Å². The summed E-state index contributed by atoms with van der Waals surface area (Å²) in [5.74, 6) is 4.48. The van der Waals surface area contributed by atoms with Crippen LogP contribution in [0, 0.1) is 29.6 Å². The molecule has 0 N–H and O–H groups in total. The summed E-state index contributed by atoms with van der Waals surface area (Å²) >= 11 is 0. The van der Waals surface area contributed by atoms with Crippen LogP contribution in [0.1, 0.15) is 236 Å². The smallest absolute Gasteiger partial charge is 0.0471 e. The van der Waals surface area contributed by atoms with Crippen molar-refractivity contribution in [3.8, 4) is 0 Å². The van der Waals surface area contributed by atoms with Crippen molar-refractivity contribution < 1.29 is 0 Å². The van der Waals surface area contributed by atoms with E-state index in [0.29, 0.717) is 0 Å². The van der Waals surface area contributed by atoms with Gasteiger partial charge in [0, 0.05) is 0 Å². The summed E-state index contributed by atoms with van der Waals surface area (Å²) in [5, 5.41) is 0. The highest BCUT2D eigenvalue weighted by atomic mass is 13.9. The molecule has 0 spiro atoms. The highest BCUT2D eigenvalue weighted by Crippen LogP contribution is 2.02. The van der Waals surface area contributed by atoms with E-state index in [1.165, 1.54) is 77.0 Å². The molecule has 0 aromatic carbocycles. The maximum absolute atomic E-state index is 2.25. The summed E-state index contributed by atoms with van der Waals surface area (Å²) in [4.78, 5) is 0. The lowest BCUT2D eigenvalue weighted by Gasteiger charge is -1.95. The monoisotopic (exact) mass is 579 g/mol. The minimum absolute atomic E-state index is 0.884. The second-order valence-electron chi connectivity index (χ2n) is 12.7. The predicted molar refractivity (Wildman–Crippen MR) is 203 cm³/mol. The zero-order valence-electron chi connectivity index (χ0n) is 34.4. The second kappa shape index (κ2) is 77.3. The van der Waals surface area contributed by atoms with Crippen LogP contribution in [0.5, 0.6) is 0 Å². The van der Waals surface area contributed by atoms with Crippen molar-refractivity contribution in [1.82, 2.24) is 0 Å². The fraction of sp³-hybridized carbons (Fsp3) is 1.00. The first-order valence-electron chi connectivity index (χ1n) is 18.6. The number of rotatable bonds is 9. The largest absolute Gasteiger partial charge is 0.0683 e. The van der Waals surface area contributed by atoms with Crippen molar-refractivity contribution in [2.24, 2.45) is 29.6 Å². The Balaban J connectivity index is -0.0000000395. The maximum Gasteiger partial charge on any atom is -0.0471 e. The average Bonchev–Trinajstić information content (AvgIpc) is 2.83. The Morgan fingerprint density at radius 2 is 0.375 bits per heavy atom. The third-order valence-corrected chi connectivity index (χ3v) is 4.28. The lowest BCUT2D eigenvalue weighted by Crippen LogP contribution is -1.81. The number of hydrogen-bond donors (Lipinski definition) is 0. The Morgan fingerprint density at radius 3 is 0.375 bits per heavy atom. The third-order valence-electron chi connectivity index (χ3n) is 4.28. The van der Waals surface area contributed by atoms with Crippen molar-refractivity contribution in [3.63, 3.8) is 0 Å². The van der Waals surface area contributed by atoms with E-state index in [2.05, 4.69) is 145 Å². The standard InChI is InChI=1S/4C6H14.C5H12.3C3H8.C2H6/c4*1-4-5-6(2)3;1-4-5(2)3;3*1-3-2;1-2/h4*6H,4-5H2,1-3H3;5H,4H2,1-3H3;3*3H2,1-2H3;1-2H3. The third kappa shape index (κ3) is 265. The van der Waals surface area contributed by atoms with Gasteiger partial charge in [0.2, 0.25) is 0 Å². The van der Waals surface area contributed by atoms with Gasteiger partial charge >= 0.3 is 0 Å². The van der Waals surface area contributed by atoms with Gasteiger partial charge < -0.3 is 0 Å². The molecule has 0 saturated heterocycles. The van der Waals surface area contributed by atoms with Crippen molar-refractivity contribution >= 4 is 0 Å². The van der Waals surface area contributed by atoms with Crippen LogP contribution in [0.4, 0.5) is 0 Å². The molecule has 0 radical (unpaired) electrons. The molecule has 0 aliphatic carbocycles. The van der Waals surface area contributed by atoms with Crippen LogP contribution in [-0.2, 0) is 0 Å². The molecule has 0 amide bonds. The molecule has 0 fully saturated rings. The first-order valence-corrected chi connectivity index (χ1v) is 18.6. The Hall–Kier alpha value is 0. The highest BCUT2D eigenvalue weighted by Gasteiger charge is 1.87. The molecule has 0 rings (SSSR count). The van der Waals surface area contributed by atoms with Gasteiger partial charge in [-0.05, 0) is 29.6 Å². The Kier molecular flexibility index (Phi) is 122. The maximum atomic E-state index is 2.25. The summed E-state index contributed by atoms with van der Waals surface area (Å²) in [7, 11) is 0. The van der Waals surface area contributed by atoms with Crippen LogP contribution in [0.25, 0.3) is 0 Å². The molecule has 0 aromatic heterocycles. The highest BCUT2D eigenvalue weighted by molar-refractivity contribution is 4.40. The molecule has 0 aliphatic heterocycles. The van der Waals surface area contributed by atoms with Crippen molar-refractivity contribution in [1.29, 1.82) is 0 Å².